The zero-order valence-corrected chi connectivity index (χ0v) is 21.0. The molecule has 3 aromatic heterocycles. The number of rotatable bonds is 5. The van der Waals surface area contributed by atoms with E-state index >= 15 is 0 Å². The Balaban J connectivity index is 1.40. The first-order valence-electron chi connectivity index (χ1n) is 12.0. The Morgan fingerprint density at radius 2 is 1.84 bits per heavy atom. The van der Waals surface area contributed by atoms with Crippen LogP contribution in [0.1, 0.15) is 48.3 Å². The summed E-state index contributed by atoms with van der Waals surface area (Å²) in [6, 6.07) is 10.9. The second-order valence-corrected chi connectivity index (χ2v) is 12.0. The van der Waals surface area contributed by atoms with Gasteiger partial charge in [-0.05, 0) is 66.6 Å². The molecule has 0 aliphatic heterocycles. The third-order valence-corrected chi connectivity index (χ3v) is 8.52. The van der Waals surface area contributed by atoms with Crippen molar-refractivity contribution in [3.05, 3.63) is 89.1 Å². The summed E-state index contributed by atoms with van der Waals surface area (Å²) in [6.45, 7) is 2.16. The largest absolute Gasteiger partial charge is 0.259 e. The third-order valence-electron chi connectivity index (χ3n) is 7.70. The first kappa shape index (κ1) is 23.7. The van der Waals surface area contributed by atoms with Crippen LogP contribution in [0, 0.1) is 17.6 Å². The molecule has 0 amide bonds. The monoisotopic (exact) mass is 519 g/mol. The van der Waals surface area contributed by atoms with Crippen LogP contribution in [-0.4, -0.2) is 39.8 Å². The van der Waals surface area contributed by atoms with E-state index in [0.29, 0.717) is 17.1 Å². The number of benzene rings is 1. The predicted octanol–water partition coefficient (Wildman–Crippen LogP) is 4.63. The van der Waals surface area contributed by atoms with Gasteiger partial charge in [-0.15, -0.1) is 5.10 Å². The molecule has 1 unspecified atom stereocenters. The Labute approximate surface area is 213 Å². The van der Waals surface area contributed by atoms with Crippen molar-refractivity contribution in [3.63, 3.8) is 0 Å². The smallest absolute Gasteiger partial charge is 0.160 e. The van der Waals surface area contributed by atoms with Gasteiger partial charge in [-0.25, -0.2) is 27.2 Å². The van der Waals surface area contributed by atoms with Gasteiger partial charge in [0.15, 0.2) is 15.7 Å². The van der Waals surface area contributed by atoms with Gasteiger partial charge >= 0.3 is 0 Å². The van der Waals surface area contributed by atoms with Crippen molar-refractivity contribution in [1.29, 1.82) is 0 Å². The minimum atomic E-state index is -3.19. The lowest BCUT2D eigenvalue weighted by Crippen LogP contribution is -2.31. The minimum Gasteiger partial charge on any atom is -0.259 e. The van der Waals surface area contributed by atoms with Crippen LogP contribution in [0.2, 0.25) is 0 Å². The van der Waals surface area contributed by atoms with Crippen molar-refractivity contribution in [1.82, 2.24) is 25.1 Å². The fourth-order valence-electron chi connectivity index (χ4n) is 6.00. The van der Waals surface area contributed by atoms with Gasteiger partial charge in [-0.3, -0.25) is 4.98 Å². The molecular formula is C27H23F2N5O2S. The molecule has 7 nitrogen and oxygen atoms in total. The zero-order valence-electron chi connectivity index (χ0n) is 20.2. The summed E-state index contributed by atoms with van der Waals surface area (Å²) in [4.78, 5) is 13.6. The molecule has 3 atom stereocenters. The maximum absolute atomic E-state index is 14.4. The van der Waals surface area contributed by atoms with E-state index in [0.717, 1.165) is 29.8 Å². The van der Waals surface area contributed by atoms with Gasteiger partial charge in [0.05, 0.1) is 39.5 Å². The molecule has 37 heavy (non-hydrogen) atoms. The number of fused-ring (bicyclic) bond motifs is 5. The Bertz CT molecular complexity index is 1630. The maximum atomic E-state index is 14.4. The van der Waals surface area contributed by atoms with Crippen LogP contribution < -0.4 is 0 Å². The van der Waals surface area contributed by atoms with E-state index in [9.17, 15) is 17.2 Å². The van der Waals surface area contributed by atoms with Crippen LogP contribution in [0.5, 0.6) is 0 Å². The zero-order chi connectivity index (χ0) is 25.9. The molecule has 188 valence electrons. The van der Waals surface area contributed by atoms with E-state index in [2.05, 4.69) is 27.1 Å². The molecule has 10 heteroatoms. The highest BCUT2D eigenvalue weighted by Gasteiger charge is 2.58. The van der Waals surface area contributed by atoms with Gasteiger partial charge in [0.2, 0.25) is 0 Å². The first-order valence-corrected chi connectivity index (χ1v) is 14.0. The van der Waals surface area contributed by atoms with Crippen molar-refractivity contribution in [2.45, 2.75) is 36.9 Å². The molecule has 3 heterocycles. The highest BCUT2D eigenvalue weighted by molar-refractivity contribution is 7.89. The molecule has 0 radical (unpaired) electrons. The van der Waals surface area contributed by atoms with Gasteiger partial charge in [0, 0.05) is 24.2 Å². The number of hydrogen-bond acceptors (Lipinski definition) is 7. The highest BCUT2D eigenvalue weighted by Crippen LogP contribution is 2.62. The number of nitrogens with zero attached hydrogens (tertiary/aromatic N) is 5. The van der Waals surface area contributed by atoms with Crippen LogP contribution in [0.15, 0.2) is 54.9 Å². The van der Waals surface area contributed by atoms with Crippen LogP contribution in [0.4, 0.5) is 8.78 Å². The lowest BCUT2D eigenvalue weighted by molar-refractivity contribution is 0.398. The van der Waals surface area contributed by atoms with Crippen LogP contribution in [0.25, 0.3) is 22.6 Å². The van der Waals surface area contributed by atoms with E-state index in [4.69, 9.17) is 4.98 Å². The Kier molecular flexibility index (Phi) is 5.41. The highest BCUT2D eigenvalue weighted by atomic mass is 32.2. The molecule has 4 aromatic rings. The van der Waals surface area contributed by atoms with Crippen molar-refractivity contribution < 1.29 is 17.2 Å². The van der Waals surface area contributed by atoms with Gasteiger partial charge in [0.1, 0.15) is 11.6 Å². The van der Waals surface area contributed by atoms with Crippen molar-refractivity contribution in [2.24, 2.45) is 5.92 Å². The quantitative estimate of drug-likeness (QED) is 0.379. The predicted molar refractivity (Wildman–Crippen MR) is 133 cm³/mol. The van der Waals surface area contributed by atoms with E-state index in [1.165, 1.54) is 24.5 Å². The normalized spacial score (nSPS) is 22.3. The lowest BCUT2D eigenvalue weighted by Gasteiger charge is -2.30. The van der Waals surface area contributed by atoms with Gasteiger partial charge in [0.25, 0.3) is 0 Å². The summed E-state index contributed by atoms with van der Waals surface area (Å²) in [5, 5.41) is 8.79. The summed E-state index contributed by atoms with van der Waals surface area (Å²) in [7, 11) is -3.19. The van der Waals surface area contributed by atoms with Gasteiger partial charge < -0.3 is 0 Å². The van der Waals surface area contributed by atoms with Crippen molar-refractivity contribution >= 4 is 9.84 Å². The molecule has 0 saturated heterocycles. The molecule has 2 bridgehead atoms. The summed E-state index contributed by atoms with van der Waals surface area (Å²) >= 11 is 0. The molecule has 2 aliphatic carbocycles. The van der Waals surface area contributed by atoms with Crippen LogP contribution >= 0.6 is 0 Å². The number of sulfone groups is 1. The molecule has 1 fully saturated rings. The minimum absolute atomic E-state index is 0.135. The Morgan fingerprint density at radius 3 is 2.54 bits per heavy atom. The average molecular weight is 520 g/mol. The van der Waals surface area contributed by atoms with Crippen molar-refractivity contribution in [3.8, 4) is 22.6 Å². The summed E-state index contributed by atoms with van der Waals surface area (Å²) in [5.74, 6) is -0.657. The molecule has 6 rings (SSSR count). The van der Waals surface area contributed by atoms with Crippen molar-refractivity contribution in [2.75, 3.05) is 6.26 Å². The van der Waals surface area contributed by atoms with E-state index in [1.807, 2.05) is 6.07 Å². The van der Waals surface area contributed by atoms with E-state index in [-0.39, 0.29) is 28.8 Å². The SMILES string of the molecule is CC1[C@H]2CC[C@]1(c1ccnc(-c3ccc(CS(C)(=O)=O)nc3)n1)c1nnc(-c3c(F)cccc3F)cc12. The molecule has 0 spiro atoms. The second-order valence-electron chi connectivity index (χ2n) is 9.91. The molecular weight excluding hydrogens is 496 g/mol. The Morgan fingerprint density at radius 1 is 1.05 bits per heavy atom. The molecule has 1 saturated carbocycles. The first-order chi connectivity index (χ1) is 17.7. The topological polar surface area (TPSA) is 98.6 Å². The summed E-state index contributed by atoms with van der Waals surface area (Å²) in [5.41, 5.74) is 3.22. The third kappa shape index (κ3) is 3.81. The fraction of sp³-hybridized carbons (Fsp3) is 0.296. The number of halogens is 2. The molecule has 0 N–H and O–H groups in total. The number of pyridine rings is 1. The van der Waals surface area contributed by atoms with E-state index in [1.54, 1.807) is 30.6 Å². The number of aromatic nitrogens is 5. The standard InChI is InChI=1S/C27H23F2N5O2S/c1-15-18-8-10-27(15,25-19(18)12-22(33-34-25)24-20(28)4-3-5-21(24)29)23-9-11-30-26(32-23)16-6-7-17(31-13-16)14-37(2,35)36/h3-7,9,11-13,15,18H,8,10,14H2,1-2H3/t15?,18-,27+/m1/s1. The fourth-order valence-corrected chi connectivity index (χ4v) is 6.71. The maximum Gasteiger partial charge on any atom is 0.160 e. The lowest BCUT2D eigenvalue weighted by atomic mass is 9.75. The van der Waals surface area contributed by atoms with E-state index < -0.39 is 26.9 Å². The van der Waals surface area contributed by atoms with Crippen LogP contribution in [-0.2, 0) is 21.0 Å². The second kappa shape index (κ2) is 8.44. The van der Waals surface area contributed by atoms with Crippen LogP contribution in [0.3, 0.4) is 0 Å². The molecule has 1 aromatic carbocycles. The van der Waals surface area contributed by atoms with Gasteiger partial charge in [-0.2, -0.15) is 5.10 Å². The summed E-state index contributed by atoms with van der Waals surface area (Å²) < 4.78 is 52.0. The average Bonchev–Trinajstić information content (AvgIpc) is 3.32. The molecule has 2 aliphatic rings. The summed E-state index contributed by atoms with van der Waals surface area (Å²) in [6.07, 6.45) is 6.18. The van der Waals surface area contributed by atoms with Gasteiger partial charge in [-0.1, -0.05) is 13.0 Å². The number of hydrogen-bond donors (Lipinski definition) is 0. The Hall–Kier alpha value is -3.66.